The van der Waals surface area contributed by atoms with E-state index in [1.165, 1.54) is 13.2 Å². The van der Waals surface area contributed by atoms with Gasteiger partial charge in [-0.1, -0.05) is 29.8 Å². The number of carbonyl (C=O) groups excluding carboxylic acids is 3. The number of hydrogen-bond donors (Lipinski definition) is 2. The standard InChI is InChI=1S/C20H21ClN2O5/c1-13-5-3-4-6-15(13)22-18(24)9-10-20(26)28-12-19(25)23-16-11-14(21)7-8-17(16)27-2/h3-8,11H,9-10,12H2,1-2H3,(H,22,24)(H,23,25). The predicted molar refractivity (Wildman–Crippen MR) is 107 cm³/mol. The van der Waals surface area contributed by atoms with Crippen LogP contribution in [0.15, 0.2) is 42.5 Å². The van der Waals surface area contributed by atoms with E-state index in [-0.39, 0.29) is 18.7 Å². The molecule has 0 aliphatic heterocycles. The van der Waals surface area contributed by atoms with Crippen LogP contribution in [0.1, 0.15) is 18.4 Å². The molecular formula is C20H21ClN2O5. The van der Waals surface area contributed by atoms with Crippen molar-refractivity contribution < 1.29 is 23.9 Å². The molecule has 2 rings (SSSR count). The van der Waals surface area contributed by atoms with Crippen LogP contribution in [0.4, 0.5) is 11.4 Å². The quantitative estimate of drug-likeness (QED) is 0.656. The zero-order chi connectivity index (χ0) is 20.5. The SMILES string of the molecule is COc1ccc(Cl)cc1NC(=O)COC(=O)CCC(=O)Nc1ccccc1C. The number of benzene rings is 2. The molecular weight excluding hydrogens is 384 g/mol. The summed E-state index contributed by atoms with van der Waals surface area (Å²) in [6.45, 7) is 1.39. The van der Waals surface area contributed by atoms with Gasteiger partial charge in [-0.25, -0.2) is 0 Å². The van der Waals surface area contributed by atoms with Gasteiger partial charge in [-0.05, 0) is 36.8 Å². The lowest BCUT2D eigenvalue weighted by atomic mass is 10.2. The molecule has 0 bridgehead atoms. The molecule has 0 saturated carbocycles. The third-order valence-electron chi connectivity index (χ3n) is 3.78. The van der Waals surface area contributed by atoms with E-state index in [0.29, 0.717) is 22.1 Å². The number of methoxy groups -OCH3 is 1. The molecule has 2 N–H and O–H groups in total. The molecule has 2 aromatic rings. The lowest BCUT2D eigenvalue weighted by Gasteiger charge is -2.11. The highest BCUT2D eigenvalue weighted by Crippen LogP contribution is 2.27. The molecule has 0 aromatic heterocycles. The summed E-state index contributed by atoms with van der Waals surface area (Å²) >= 11 is 5.89. The molecule has 0 atom stereocenters. The number of hydrogen-bond acceptors (Lipinski definition) is 5. The van der Waals surface area contributed by atoms with Crippen LogP contribution in [-0.4, -0.2) is 31.5 Å². The van der Waals surface area contributed by atoms with Gasteiger partial charge in [0.1, 0.15) is 5.75 Å². The number of halogens is 1. The van der Waals surface area contributed by atoms with Crippen molar-refractivity contribution in [1.29, 1.82) is 0 Å². The molecule has 0 unspecified atom stereocenters. The third kappa shape index (κ3) is 6.59. The van der Waals surface area contributed by atoms with Crippen LogP contribution in [0, 0.1) is 6.92 Å². The fourth-order valence-corrected chi connectivity index (χ4v) is 2.50. The number of anilines is 2. The van der Waals surface area contributed by atoms with Gasteiger partial charge in [-0.15, -0.1) is 0 Å². The van der Waals surface area contributed by atoms with Crippen LogP contribution >= 0.6 is 11.6 Å². The number of carbonyl (C=O) groups is 3. The van der Waals surface area contributed by atoms with Crippen molar-refractivity contribution in [3.8, 4) is 5.75 Å². The van der Waals surface area contributed by atoms with Crippen molar-refractivity contribution in [1.82, 2.24) is 0 Å². The first-order valence-electron chi connectivity index (χ1n) is 8.53. The van der Waals surface area contributed by atoms with E-state index in [4.69, 9.17) is 21.1 Å². The molecule has 2 aromatic carbocycles. The Hall–Kier alpha value is -3.06. The van der Waals surface area contributed by atoms with Crippen molar-refractivity contribution in [2.75, 3.05) is 24.4 Å². The number of aryl methyl sites for hydroxylation is 1. The second-order valence-electron chi connectivity index (χ2n) is 5.92. The largest absolute Gasteiger partial charge is 0.495 e. The number of nitrogens with one attached hydrogen (secondary N) is 2. The Kier molecular flexibility index (Phi) is 7.83. The zero-order valence-electron chi connectivity index (χ0n) is 15.6. The minimum absolute atomic E-state index is 0.0447. The zero-order valence-corrected chi connectivity index (χ0v) is 16.3. The highest BCUT2D eigenvalue weighted by molar-refractivity contribution is 6.31. The first-order valence-corrected chi connectivity index (χ1v) is 8.91. The van der Waals surface area contributed by atoms with Crippen LogP contribution in [-0.2, 0) is 19.1 Å². The maximum atomic E-state index is 11.9. The first-order chi connectivity index (χ1) is 13.4. The molecule has 8 heteroatoms. The van der Waals surface area contributed by atoms with E-state index in [9.17, 15) is 14.4 Å². The summed E-state index contributed by atoms with van der Waals surface area (Å²) in [5, 5.41) is 5.71. The minimum Gasteiger partial charge on any atom is -0.495 e. The topological polar surface area (TPSA) is 93.7 Å². The normalized spacial score (nSPS) is 10.1. The van der Waals surface area contributed by atoms with Gasteiger partial charge in [0.2, 0.25) is 5.91 Å². The lowest BCUT2D eigenvalue weighted by Crippen LogP contribution is -2.22. The van der Waals surface area contributed by atoms with Crippen molar-refractivity contribution in [3.63, 3.8) is 0 Å². The van der Waals surface area contributed by atoms with Gasteiger partial charge < -0.3 is 20.1 Å². The van der Waals surface area contributed by atoms with Gasteiger partial charge in [-0.3, -0.25) is 14.4 Å². The maximum absolute atomic E-state index is 11.9. The van der Waals surface area contributed by atoms with Crippen LogP contribution in [0.3, 0.4) is 0 Å². The monoisotopic (exact) mass is 404 g/mol. The van der Waals surface area contributed by atoms with Crippen LogP contribution < -0.4 is 15.4 Å². The van der Waals surface area contributed by atoms with Crippen LogP contribution in [0.25, 0.3) is 0 Å². The van der Waals surface area contributed by atoms with Crippen LogP contribution in [0.5, 0.6) is 5.75 Å². The summed E-state index contributed by atoms with van der Waals surface area (Å²) in [6.07, 6.45) is -0.178. The number of para-hydroxylation sites is 1. The van der Waals surface area contributed by atoms with Gasteiger partial charge in [0, 0.05) is 17.1 Å². The molecule has 0 heterocycles. The fraction of sp³-hybridized carbons (Fsp3) is 0.250. The van der Waals surface area contributed by atoms with E-state index in [2.05, 4.69) is 10.6 Å². The Bertz CT molecular complexity index is 869. The van der Waals surface area contributed by atoms with E-state index >= 15 is 0 Å². The summed E-state index contributed by atoms with van der Waals surface area (Å²) in [6, 6.07) is 12.1. The Morgan fingerprint density at radius 3 is 2.39 bits per heavy atom. The van der Waals surface area contributed by atoms with E-state index < -0.39 is 18.5 Å². The first kappa shape index (κ1) is 21.2. The average Bonchev–Trinajstić information content (AvgIpc) is 2.67. The summed E-state index contributed by atoms with van der Waals surface area (Å²) in [4.78, 5) is 35.6. The average molecular weight is 405 g/mol. The molecule has 2 amide bonds. The van der Waals surface area contributed by atoms with Crippen molar-refractivity contribution in [2.24, 2.45) is 0 Å². The highest BCUT2D eigenvalue weighted by atomic mass is 35.5. The second-order valence-corrected chi connectivity index (χ2v) is 6.35. The van der Waals surface area contributed by atoms with E-state index in [1.54, 1.807) is 18.2 Å². The molecule has 0 spiro atoms. The van der Waals surface area contributed by atoms with Crippen molar-refractivity contribution >= 4 is 40.8 Å². The molecule has 0 radical (unpaired) electrons. The smallest absolute Gasteiger partial charge is 0.306 e. The second kappa shape index (κ2) is 10.3. The molecule has 0 aliphatic carbocycles. The maximum Gasteiger partial charge on any atom is 0.306 e. The molecule has 0 aliphatic rings. The lowest BCUT2D eigenvalue weighted by molar-refractivity contribution is -0.147. The Balaban J connectivity index is 1.75. The van der Waals surface area contributed by atoms with E-state index in [1.807, 2.05) is 25.1 Å². The van der Waals surface area contributed by atoms with Gasteiger partial charge in [0.25, 0.3) is 5.91 Å². The third-order valence-corrected chi connectivity index (χ3v) is 4.01. The molecule has 7 nitrogen and oxygen atoms in total. The number of rotatable bonds is 8. The minimum atomic E-state index is -0.645. The van der Waals surface area contributed by atoms with Crippen LogP contribution in [0.2, 0.25) is 5.02 Å². The molecule has 28 heavy (non-hydrogen) atoms. The summed E-state index contributed by atoms with van der Waals surface area (Å²) in [5.41, 5.74) is 1.98. The van der Waals surface area contributed by atoms with E-state index in [0.717, 1.165) is 5.56 Å². The molecule has 0 saturated heterocycles. The number of amides is 2. The summed E-state index contributed by atoms with van der Waals surface area (Å²) in [7, 11) is 1.46. The van der Waals surface area contributed by atoms with Gasteiger partial charge >= 0.3 is 5.97 Å². The number of esters is 1. The predicted octanol–water partition coefficient (Wildman–Crippen LogP) is 3.56. The van der Waals surface area contributed by atoms with Gasteiger partial charge in [0.05, 0.1) is 19.2 Å². The number of ether oxygens (including phenoxy) is 2. The summed E-state index contributed by atoms with van der Waals surface area (Å²) < 4.78 is 10.0. The van der Waals surface area contributed by atoms with Gasteiger partial charge in [-0.2, -0.15) is 0 Å². The van der Waals surface area contributed by atoms with Crippen molar-refractivity contribution in [3.05, 3.63) is 53.1 Å². The highest BCUT2D eigenvalue weighted by Gasteiger charge is 2.13. The summed E-state index contributed by atoms with van der Waals surface area (Å²) in [5.74, 6) is -1.07. The molecule has 0 fully saturated rings. The van der Waals surface area contributed by atoms with Gasteiger partial charge in [0.15, 0.2) is 6.61 Å². The Morgan fingerprint density at radius 1 is 0.964 bits per heavy atom. The van der Waals surface area contributed by atoms with Crippen molar-refractivity contribution in [2.45, 2.75) is 19.8 Å². The fourth-order valence-electron chi connectivity index (χ4n) is 2.32. The Labute approximate surface area is 168 Å². The Morgan fingerprint density at radius 2 is 1.68 bits per heavy atom. The molecule has 148 valence electrons.